The lowest BCUT2D eigenvalue weighted by Gasteiger charge is -2.15. The first kappa shape index (κ1) is 22.4. The number of furan rings is 2. The van der Waals surface area contributed by atoms with Crippen molar-refractivity contribution in [3.05, 3.63) is 133 Å². The number of nitriles is 1. The zero-order valence-electron chi connectivity index (χ0n) is 21.4. The Morgan fingerprint density at radius 2 is 0.950 bits per heavy atom. The molecule has 0 bridgehead atoms. The molecule has 0 radical (unpaired) electrons. The third-order valence-electron chi connectivity index (χ3n) is 7.74. The smallest absolute Gasteiger partial charge is 0.136 e. The number of hydrogen-bond donors (Lipinski definition) is 0. The molecule has 186 valence electrons. The standard InChI is InChI=1S/C37H21NO2/c38-22-31-29(23-10-2-1-3-11-23)20-24(25-14-8-18-34-36(25)27-12-4-6-16-32(27)39-34)21-30(31)26-15-9-19-35-37(26)28-13-5-7-17-33(28)40-35/h1-21H. The van der Waals surface area contributed by atoms with Gasteiger partial charge in [-0.2, -0.15) is 5.26 Å². The Labute approximate surface area is 230 Å². The van der Waals surface area contributed by atoms with Crippen LogP contribution in [0.25, 0.3) is 77.3 Å². The molecule has 6 aromatic carbocycles. The summed E-state index contributed by atoms with van der Waals surface area (Å²) in [4.78, 5) is 0. The van der Waals surface area contributed by atoms with Crippen molar-refractivity contribution in [1.82, 2.24) is 0 Å². The first-order chi connectivity index (χ1) is 19.8. The van der Waals surface area contributed by atoms with E-state index in [-0.39, 0.29) is 0 Å². The fraction of sp³-hybridized carbons (Fsp3) is 0. The van der Waals surface area contributed by atoms with E-state index in [1.807, 2.05) is 78.9 Å². The number of rotatable bonds is 3. The molecule has 0 saturated heterocycles. The van der Waals surface area contributed by atoms with E-state index in [1.54, 1.807) is 0 Å². The molecule has 2 aromatic heterocycles. The summed E-state index contributed by atoms with van der Waals surface area (Å²) in [6, 6.07) is 45.5. The summed E-state index contributed by atoms with van der Waals surface area (Å²) in [5, 5.41) is 14.8. The van der Waals surface area contributed by atoms with E-state index in [0.29, 0.717) is 5.56 Å². The van der Waals surface area contributed by atoms with Crippen LogP contribution in [0.5, 0.6) is 0 Å². The monoisotopic (exact) mass is 511 g/mol. The summed E-state index contributed by atoms with van der Waals surface area (Å²) in [5.74, 6) is 0. The van der Waals surface area contributed by atoms with Gasteiger partial charge in [0.25, 0.3) is 0 Å². The predicted molar refractivity (Wildman–Crippen MR) is 162 cm³/mol. The summed E-state index contributed by atoms with van der Waals surface area (Å²) in [5.41, 5.74) is 9.80. The van der Waals surface area contributed by atoms with Crippen LogP contribution in [-0.4, -0.2) is 0 Å². The van der Waals surface area contributed by atoms with Crippen molar-refractivity contribution in [2.24, 2.45) is 0 Å². The Balaban J connectivity index is 1.51. The molecule has 8 aromatic rings. The van der Waals surface area contributed by atoms with Crippen LogP contribution in [0.2, 0.25) is 0 Å². The fourth-order valence-electron chi connectivity index (χ4n) is 5.99. The molecule has 0 fully saturated rings. The molecule has 8 rings (SSSR count). The summed E-state index contributed by atoms with van der Waals surface area (Å²) < 4.78 is 12.4. The van der Waals surface area contributed by atoms with E-state index in [4.69, 9.17) is 8.83 Å². The van der Waals surface area contributed by atoms with E-state index in [2.05, 4.69) is 54.6 Å². The third-order valence-corrected chi connectivity index (χ3v) is 7.74. The second-order valence-corrected chi connectivity index (χ2v) is 9.98. The maximum atomic E-state index is 10.6. The van der Waals surface area contributed by atoms with Crippen molar-refractivity contribution in [2.75, 3.05) is 0 Å². The zero-order chi connectivity index (χ0) is 26.6. The van der Waals surface area contributed by atoms with Crippen LogP contribution >= 0.6 is 0 Å². The van der Waals surface area contributed by atoms with Crippen molar-refractivity contribution in [3.8, 4) is 39.4 Å². The largest absolute Gasteiger partial charge is 0.456 e. The van der Waals surface area contributed by atoms with Gasteiger partial charge in [0.1, 0.15) is 28.4 Å². The first-order valence-electron chi connectivity index (χ1n) is 13.2. The normalized spacial score (nSPS) is 11.5. The third kappa shape index (κ3) is 3.30. The summed E-state index contributed by atoms with van der Waals surface area (Å²) >= 11 is 0. The van der Waals surface area contributed by atoms with Crippen LogP contribution in [0.4, 0.5) is 0 Å². The molecule has 0 aliphatic heterocycles. The van der Waals surface area contributed by atoms with E-state index in [0.717, 1.165) is 77.3 Å². The molecular formula is C37H21NO2. The van der Waals surface area contributed by atoms with Crippen LogP contribution in [0.3, 0.4) is 0 Å². The van der Waals surface area contributed by atoms with E-state index in [9.17, 15) is 5.26 Å². The van der Waals surface area contributed by atoms with Gasteiger partial charge >= 0.3 is 0 Å². The molecule has 0 aliphatic carbocycles. The highest BCUT2D eigenvalue weighted by Gasteiger charge is 2.21. The van der Waals surface area contributed by atoms with Gasteiger partial charge in [0.15, 0.2) is 0 Å². The minimum atomic E-state index is 0.636. The Morgan fingerprint density at radius 3 is 1.60 bits per heavy atom. The van der Waals surface area contributed by atoms with Crippen molar-refractivity contribution >= 4 is 43.9 Å². The van der Waals surface area contributed by atoms with Gasteiger partial charge in [-0.25, -0.2) is 0 Å². The number of benzene rings is 6. The second kappa shape index (κ2) is 8.73. The van der Waals surface area contributed by atoms with Crippen LogP contribution in [-0.2, 0) is 0 Å². The molecule has 0 atom stereocenters. The average Bonchev–Trinajstić information content (AvgIpc) is 3.59. The van der Waals surface area contributed by atoms with Crippen molar-refractivity contribution in [2.45, 2.75) is 0 Å². The maximum Gasteiger partial charge on any atom is 0.136 e. The molecule has 0 N–H and O–H groups in total. The van der Waals surface area contributed by atoms with Gasteiger partial charge in [-0.1, -0.05) is 91.0 Å². The quantitative estimate of drug-likeness (QED) is 0.237. The zero-order valence-corrected chi connectivity index (χ0v) is 21.4. The summed E-state index contributed by atoms with van der Waals surface area (Å²) in [6.45, 7) is 0. The second-order valence-electron chi connectivity index (χ2n) is 9.98. The number of nitrogens with zero attached hydrogens (tertiary/aromatic N) is 1. The highest BCUT2D eigenvalue weighted by molar-refractivity contribution is 6.15. The van der Waals surface area contributed by atoms with Crippen LogP contribution < -0.4 is 0 Å². The molecule has 0 amide bonds. The Morgan fingerprint density at radius 1 is 0.425 bits per heavy atom. The minimum Gasteiger partial charge on any atom is -0.456 e. The minimum absolute atomic E-state index is 0.636. The molecule has 0 aliphatic rings. The van der Waals surface area contributed by atoms with E-state index >= 15 is 0 Å². The van der Waals surface area contributed by atoms with E-state index in [1.165, 1.54) is 0 Å². The molecule has 0 saturated carbocycles. The SMILES string of the molecule is N#Cc1c(-c2ccccc2)cc(-c2cccc3oc4ccccc4c23)cc1-c1cccc2oc3ccccc3c12. The van der Waals surface area contributed by atoms with Crippen molar-refractivity contribution in [3.63, 3.8) is 0 Å². The first-order valence-corrected chi connectivity index (χ1v) is 13.2. The highest BCUT2D eigenvalue weighted by Crippen LogP contribution is 2.44. The molecule has 0 spiro atoms. The van der Waals surface area contributed by atoms with Crippen molar-refractivity contribution in [1.29, 1.82) is 5.26 Å². The van der Waals surface area contributed by atoms with Crippen LogP contribution in [0.1, 0.15) is 5.56 Å². The van der Waals surface area contributed by atoms with Crippen LogP contribution in [0.15, 0.2) is 136 Å². The lowest BCUT2D eigenvalue weighted by molar-refractivity contribution is 0.668. The molecule has 3 nitrogen and oxygen atoms in total. The summed E-state index contributed by atoms with van der Waals surface area (Å²) in [7, 11) is 0. The molecule has 40 heavy (non-hydrogen) atoms. The number of fused-ring (bicyclic) bond motifs is 6. The van der Waals surface area contributed by atoms with Gasteiger partial charge in [0.2, 0.25) is 0 Å². The van der Waals surface area contributed by atoms with Crippen LogP contribution in [0, 0.1) is 11.3 Å². The summed E-state index contributed by atoms with van der Waals surface area (Å²) in [6.07, 6.45) is 0. The predicted octanol–water partition coefficient (Wildman–Crippen LogP) is 10.4. The van der Waals surface area contributed by atoms with Gasteiger partial charge < -0.3 is 8.83 Å². The maximum absolute atomic E-state index is 10.6. The lowest BCUT2D eigenvalue weighted by atomic mass is 9.86. The molecule has 2 heterocycles. The van der Waals surface area contributed by atoms with Gasteiger partial charge in [-0.05, 0) is 58.7 Å². The van der Waals surface area contributed by atoms with Gasteiger partial charge in [0, 0.05) is 32.7 Å². The number of hydrogen-bond acceptors (Lipinski definition) is 3. The molecular weight excluding hydrogens is 490 g/mol. The Hall–Kier alpha value is -5.59. The lowest BCUT2D eigenvalue weighted by Crippen LogP contribution is -1.93. The van der Waals surface area contributed by atoms with Crippen molar-refractivity contribution < 1.29 is 8.83 Å². The molecule has 0 unspecified atom stereocenters. The van der Waals surface area contributed by atoms with Gasteiger partial charge in [-0.3, -0.25) is 0 Å². The van der Waals surface area contributed by atoms with E-state index < -0.39 is 0 Å². The Kier molecular flexibility index (Phi) is 4.89. The Bertz CT molecular complexity index is 2280. The van der Waals surface area contributed by atoms with Gasteiger partial charge in [0.05, 0.1) is 5.56 Å². The molecule has 3 heteroatoms. The highest BCUT2D eigenvalue weighted by atomic mass is 16.3. The fourth-order valence-corrected chi connectivity index (χ4v) is 5.99. The number of para-hydroxylation sites is 2. The van der Waals surface area contributed by atoms with Gasteiger partial charge in [-0.15, -0.1) is 0 Å². The topological polar surface area (TPSA) is 50.1 Å². The average molecular weight is 512 g/mol.